The molecule has 1 aromatic heterocycles. The van der Waals surface area contributed by atoms with E-state index in [1.165, 1.54) is 11.6 Å². The standard InChI is InChI=1S/C13H15N3O2/c1-16(8-10-5-3-2-4-6-10)9-11-7-12(17)15-13(18)14-11/h2-7H,8-9H2,1H3,(H2,14,15,17,18). The van der Waals surface area contributed by atoms with Crippen LogP contribution in [0.1, 0.15) is 11.3 Å². The van der Waals surface area contributed by atoms with Crippen LogP contribution in [0.5, 0.6) is 0 Å². The second-order valence-electron chi connectivity index (χ2n) is 4.27. The van der Waals surface area contributed by atoms with Gasteiger partial charge >= 0.3 is 5.69 Å². The van der Waals surface area contributed by atoms with Crippen molar-refractivity contribution in [2.75, 3.05) is 7.05 Å². The van der Waals surface area contributed by atoms with E-state index < -0.39 is 5.69 Å². The summed E-state index contributed by atoms with van der Waals surface area (Å²) in [7, 11) is 1.94. The van der Waals surface area contributed by atoms with E-state index in [9.17, 15) is 9.59 Å². The first-order valence-corrected chi connectivity index (χ1v) is 5.68. The molecule has 1 heterocycles. The van der Waals surface area contributed by atoms with E-state index in [1.807, 2.05) is 42.3 Å². The summed E-state index contributed by atoms with van der Waals surface area (Å²) in [5.74, 6) is 0. The van der Waals surface area contributed by atoms with Gasteiger partial charge in [-0.3, -0.25) is 14.7 Å². The predicted molar refractivity (Wildman–Crippen MR) is 69.3 cm³/mol. The molecule has 0 bridgehead atoms. The van der Waals surface area contributed by atoms with Crippen molar-refractivity contribution in [1.82, 2.24) is 14.9 Å². The molecule has 0 spiro atoms. The highest BCUT2D eigenvalue weighted by Crippen LogP contribution is 2.04. The largest absolute Gasteiger partial charge is 0.325 e. The first-order valence-electron chi connectivity index (χ1n) is 5.68. The number of hydrogen-bond donors (Lipinski definition) is 2. The lowest BCUT2D eigenvalue weighted by atomic mass is 10.2. The van der Waals surface area contributed by atoms with Gasteiger partial charge in [0.1, 0.15) is 0 Å². The lowest BCUT2D eigenvalue weighted by Gasteiger charge is -2.16. The fraction of sp³-hybridized carbons (Fsp3) is 0.231. The fourth-order valence-electron chi connectivity index (χ4n) is 1.85. The summed E-state index contributed by atoms with van der Waals surface area (Å²) in [5.41, 5.74) is 0.960. The van der Waals surface area contributed by atoms with Crippen molar-refractivity contribution in [3.63, 3.8) is 0 Å². The molecule has 0 radical (unpaired) electrons. The summed E-state index contributed by atoms with van der Waals surface area (Å²) in [4.78, 5) is 29.1. The number of benzene rings is 1. The summed E-state index contributed by atoms with van der Waals surface area (Å²) in [6, 6.07) is 11.4. The average molecular weight is 245 g/mol. The lowest BCUT2D eigenvalue weighted by Crippen LogP contribution is -2.26. The van der Waals surface area contributed by atoms with Gasteiger partial charge in [0.15, 0.2) is 0 Å². The molecule has 0 aliphatic rings. The van der Waals surface area contributed by atoms with Crippen molar-refractivity contribution in [3.8, 4) is 0 Å². The van der Waals surface area contributed by atoms with E-state index in [0.717, 1.165) is 6.54 Å². The van der Waals surface area contributed by atoms with Crippen LogP contribution in [0.25, 0.3) is 0 Å². The molecule has 18 heavy (non-hydrogen) atoms. The molecule has 5 heteroatoms. The molecule has 0 saturated heterocycles. The average Bonchev–Trinajstić information content (AvgIpc) is 2.28. The molecule has 94 valence electrons. The highest BCUT2D eigenvalue weighted by molar-refractivity contribution is 5.14. The minimum atomic E-state index is -0.467. The van der Waals surface area contributed by atoms with Gasteiger partial charge in [-0.15, -0.1) is 0 Å². The Bertz CT molecular complexity index is 588. The zero-order valence-corrected chi connectivity index (χ0v) is 10.1. The quantitative estimate of drug-likeness (QED) is 0.833. The van der Waals surface area contributed by atoms with Gasteiger partial charge in [0.25, 0.3) is 5.56 Å². The fourth-order valence-corrected chi connectivity index (χ4v) is 1.85. The Morgan fingerprint density at radius 3 is 2.44 bits per heavy atom. The van der Waals surface area contributed by atoms with E-state index in [1.54, 1.807) is 0 Å². The molecular weight excluding hydrogens is 230 g/mol. The van der Waals surface area contributed by atoms with Gasteiger partial charge in [-0.05, 0) is 12.6 Å². The second-order valence-corrected chi connectivity index (χ2v) is 4.27. The first kappa shape index (κ1) is 12.3. The van der Waals surface area contributed by atoms with Gasteiger partial charge in [0.05, 0.1) is 0 Å². The highest BCUT2D eigenvalue weighted by Gasteiger charge is 2.03. The van der Waals surface area contributed by atoms with Crippen LogP contribution < -0.4 is 11.2 Å². The van der Waals surface area contributed by atoms with Crippen LogP contribution in [0.15, 0.2) is 46.0 Å². The number of H-pyrrole nitrogens is 2. The van der Waals surface area contributed by atoms with Crippen LogP contribution in [0.2, 0.25) is 0 Å². The Kier molecular flexibility index (Phi) is 3.74. The molecule has 2 aromatic rings. The summed E-state index contributed by atoms with van der Waals surface area (Å²) in [6.45, 7) is 1.28. The van der Waals surface area contributed by atoms with Crippen LogP contribution >= 0.6 is 0 Å². The zero-order valence-electron chi connectivity index (χ0n) is 10.1. The van der Waals surface area contributed by atoms with Gasteiger partial charge in [0, 0.05) is 24.8 Å². The van der Waals surface area contributed by atoms with Crippen LogP contribution in [-0.4, -0.2) is 21.9 Å². The van der Waals surface area contributed by atoms with Gasteiger partial charge in [-0.1, -0.05) is 30.3 Å². The molecule has 2 N–H and O–H groups in total. The predicted octanol–water partition coefficient (Wildman–Crippen LogP) is 0.695. The second kappa shape index (κ2) is 5.46. The van der Waals surface area contributed by atoms with Gasteiger partial charge in [-0.2, -0.15) is 0 Å². The smallest absolute Gasteiger partial charge is 0.310 e. The van der Waals surface area contributed by atoms with Gasteiger partial charge in [0.2, 0.25) is 0 Å². The van der Waals surface area contributed by atoms with Crippen molar-refractivity contribution >= 4 is 0 Å². The normalized spacial score (nSPS) is 10.8. The highest BCUT2D eigenvalue weighted by atomic mass is 16.2. The molecule has 0 atom stereocenters. The molecule has 5 nitrogen and oxygen atoms in total. The van der Waals surface area contributed by atoms with Crippen LogP contribution in [0.3, 0.4) is 0 Å². The maximum absolute atomic E-state index is 11.2. The lowest BCUT2D eigenvalue weighted by molar-refractivity contribution is 0.314. The topological polar surface area (TPSA) is 69.0 Å². The van der Waals surface area contributed by atoms with Crippen molar-refractivity contribution in [3.05, 3.63) is 68.5 Å². The summed E-state index contributed by atoms with van der Waals surface area (Å²) >= 11 is 0. The number of rotatable bonds is 4. The number of hydrogen-bond acceptors (Lipinski definition) is 3. The Labute approximate surface area is 104 Å². The minimum absolute atomic E-state index is 0.373. The molecule has 2 rings (SSSR count). The maximum Gasteiger partial charge on any atom is 0.325 e. The van der Waals surface area contributed by atoms with Crippen molar-refractivity contribution in [2.45, 2.75) is 13.1 Å². The minimum Gasteiger partial charge on any atom is -0.310 e. The maximum atomic E-state index is 11.2. The molecular formula is C13H15N3O2. The molecule has 0 amide bonds. The third-order valence-corrected chi connectivity index (χ3v) is 2.55. The number of aromatic nitrogens is 2. The van der Waals surface area contributed by atoms with Crippen molar-refractivity contribution in [2.24, 2.45) is 0 Å². The molecule has 0 saturated carbocycles. The third-order valence-electron chi connectivity index (χ3n) is 2.55. The molecule has 0 aliphatic carbocycles. The van der Waals surface area contributed by atoms with Crippen molar-refractivity contribution in [1.29, 1.82) is 0 Å². The van der Waals surface area contributed by atoms with Crippen LogP contribution in [0.4, 0.5) is 0 Å². The monoisotopic (exact) mass is 245 g/mol. The van der Waals surface area contributed by atoms with E-state index in [2.05, 4.69) is 9.97 Å². The summed E-state index contributed by atoms with van der Waals surface area (Å²) in [6.07, 6.45) is 0. The number of nitrogens with zero attached hydrogens (tertiary/aromatic N) is 1. The van der Waals surface area contributed by atoms with Crippen molar-refractivity contribution < 1.29 is 0 Å². The SMILES string of the molecule is CN(Cc1ccccc1)Cc1cc(=O)[nH]c(=O)[nH]1. The number of aromatic amines is 2. The Morgan fingerprint density at radius 1 is 1.06 bits per heavy atom. The zero-order chi connectivity index (χ0) is 13.0. The Hall–Kier alpha value is -2.14. The third kappa shape index (κ3) is 3.43. The van der Waals surface area contributed by atoms with Crippen LogP contribution in [-0.2, 0) is 13.1 Å². The number of nitrogens with one attached hydrogen (secondary N) is 2. The van der Waals surface area contributed by atoms with E-state index in [4.69, 9.17) is 0 Å². The molecule has 1 aromatic carbocycles. The Morgan fingerprint density at radius 2 is 1.78 bits per heavy atom. The summed E-state index contributed by atoms with van der Waals surface area (Å²) in [5, 5.41) is 0. The molecule has 0 unspecified atom stereocenters. The van der Waals surface area contributed by atoms with E-state index in [-0.39, 0.29) is 5.56 Å². The van der Waals surface area contributed by atoms with E-state index in [0.29, 0.717) is 12.2 Å². The molecule has 0 aliphatic heterocycles. The summed E-state index contributed by atoms with van der Waals surface area (Å²) < 4.78 is 0. The molecule has 0 fully saturated rings. The Balaban J connectivity index is 2.05. The van der Waals surface area contributed by atoms with Gasteiger partial charge < -0.3 is 4.98 Å². The first-order chi connectivity index (χ1) is 8.63. The van der Waals surface area contributed by atoms with Crippen LogP contribution in [0, 0.1) is 0 Å². The van der Waals surface area contributed by atoms with E-state index >= 15 is 0 Å². The van der Waals surface area contributed by atoms with Gasteiger partial charge in [-0.25, -0.2) is 4.79 Å².